The molecule has 5 nitrogen and oxygen atoms in total. The van der Waals surface area contributed by atoms with Crippen molar-refractivity contribution in [3.63, 3.8) is 0 Å². The van der Waals surface area contributed by atoms with Crippen molar-refractivity contribution < 1.29 is 24.0 Å². The van der Waals surface area contributed by atoms with E-state index in [4.69, 9.17) is 24.0 Å². The first-order chi connectivity index (χ1) is 17.5. The van der Waals surface area contributed by atoms with E-state index in [-0.39, 0.29) is 11.8 Å². The van der Waals surface area contributed by atoms with Crippen molar-refractivity contribution in [1.29, 1.82) is 0 Å². The molecule has 8 rings (SSSR count). The number of fused-ring (bicyclic) bond motifs is 3. The average molecular weight is 487 g/mol. The van der Waals surface area contributed by atoms with Crippen molar-refractivity contribution in [3.8, 4) is 16.9 Å². The van der Waals surface area contributed by atoms with Crippen LogP contribution < -0.4 is 4.74 Å². The highest BCUT2D eigenvalue weighted by Crippen LogP contribution is 2.60. The van der Waals surface area contributed by atoms with Crippen LogP contribution in [0.3, 0.4) is 0 Å². The lowest BCUT2D eigenvalue weighted by atomic mass is 9.58. The summed E-state index contributed by atoms with van der Waals surface area (Å²) in [7, 11) is 0. The molecular formula is C31H34O5. The third-order valence-electron chi connectivity index (χ3n) is 9.29. The largest absolute Gasteiger partial charge is 0.465 e. The first-order valence-corrected chi connectivity index (χ1v) is 13.4. The van der Waals surface area contributed by atoms with Crippen LogP contribution >= 0.6 is 0 Å². The standard InChI is InChI=1S/C31H34O5/c1-19-8-15-27-20(2)28(33-29-31(27)26(19)16-17-30(3,34-29)35-36-31)32-25-13-11-22(12-14-25)24-10-9-21-6-4-5-7-23(21)18-24/h4-7,9-14,18-20,26-29H,8,15-17H2,1-3H3/t19-,20-,26+,27+,28-,29-,30-,31-/m1/s1. The van der Waals surface area contributed by atoms with Crippen LogP contribution in [0.25, 0.3) is 21.9 Å². The number of rotatable bonds is 3. The van der Waals surface area contributed by atoms with Crippen LogP contribution in [0, 0.1) is 23.7 Å². The Labute approximate surface area is 212 Å². The molecule has 0 N–H and O–H groups in total. The van der Waals surface area contributed by atoms with Gasteiger partial charge in [-0.1, -0.05) is 62.4 Å². The van der Waals surface area contributed by atoms with E-state index in [0.717, 1.165) is 30.6 Å². The van der Waals surface area contributed by atoms with E-state index in [1.807, 2.05) is 19.1 Å². The first-order valence-electron chi connectivity index (χ1n) is 13.4. The summed E-state index contributed by atoms with van der Waals surface area (Å²) >= 11 is 0. The lowest BCUT2D eigenvalue weighted by molar-refractivity contribution is -0.575. The molecule has 4 saturated heterocycles. The molecule has 0 radical (unpaired) electrons. The Balaban J connectivity index is 1.14. The lowest BCUT2D eigenvalue weighted by Crippen LogP contribution is -2.70. The minimum atomic E-state index is -0.774. The molecular weight excluding hydrogens is 452 g/mol. The molecule has 1 spiro atoms. The summed E-state index contributed by atoms with van der Waals surface area (Å²) in [6, 6.07) is 23.3. The van der Waals surface area contributed by atoms with Gasteiger partial charge in [-0.3, -0.25) is 0 Å². The number of benzene rings is 3. The summed E-state index contributed by atoms with van der Waals surface area (Å²) in [4.78, 5) is 12.2. The molecule has 2 bridgehead atoms. The molecule has 0 amide bonds. The first kappa shape index (κ1) is 22.7. The Bertz CT molecular complexity index is 1270. The van der Waals surface area contributed by atoms with E-state index in [0.29, 0.717) is 11.8 Å². The van der Waals surface area contributed by atoms with Gasteiger partial charge in [0.1, 0.15) is 5.75 Å². The quantitative estimate of drug-likeness (QED) is 0.370. The van der Waals surface area contributed by atoms with Crippen molar-refractivity contribution >= 4 is 10.8 Å². The number of hydrogen-bond donors (Lipinski definition) is 0. The van der Waals surface area contributed by atoms with Gasteiger partial charge >= 0.3 is 0 Å². The molecule has 8 atom stereocenters. The monoisotopic (exact) mass is 486 g/mol. The van der Waals surface area contributed by atoms with Gasteiger partial charge in [-0.05, 0) is 78.1 Å². The molecule has 0 aromatic heterocycles. The van der Waals surface area contributed by atoms with Gasteiger partial charge in [-0.15, -0.1) is 0 Å². The molecule has 3 aromatic rings. The van der Waals surface area contributed by atoms with Gasteiger partial charge in [0, 0.05) is 18.3 Å². The Morgan fingerprint density at radius 1 is 0.806 bits per heavy atom. The summed E-state index contributed by atoms with van der Waals surface area (Å²) in [6.45, 7) is 6.51. The second kappa shape index (κ2) is 8.29. The van der Waals surface area contributed by atoms with Crippen LogP contribution in [0.15, 0.2) is 66.7 Å². The molecule has 4 heterocycles. The normalized spacial score (nSPS) is 39.4. The van der Waals surface area contributed by atoms with Gasteiger partial charge in [-0.2, -0.15) is 0 Å². The summed E-state index contributed by atoms with van der Waals surface area (Å²) < 4.78 is 19.5. The van der Waals surface area contributed by atoms with E-state index in [1.54, 1.807) is 0 Å². The average Bonchev–Trinajstić information content (AvgIpc) is 3.13. The second-order valence-corrected chi connectivity index (χ2v) is 11.5. The third-order valence-corrected chi connectivity index (χ3v) is 9.29. The van der Waals surface area contributed by atoms with Gasteiger partial charge < -0.3 is 14.2 Å². The highest BCUT2D eigenvalue weighted by atomic mass is 17.3. The highest BCUT2D eigenvalue weighted by molar-refractivity contribution is 5.87. The van der Waals surface area contributed by atoms with Gasteiger partial charge in [0.2, 0.25) is 12.1 Å². The number of hydrogen-bond acceptors (Lipinski definition) is 5. The molecule has 188 valence electrons. The minimum Gasteiger partial charge on any atom is -0.465 e. The van der Waals surface area contributed by atoms with Crippen LogP contribution in [-0.2, 0) is 19.2 Å². The Hall–Kier alpha value is -2.44. The van der Waals surface area contributed by atoms with E-state index in [1.165, 1.54) is 22.8 Å². The van der Waals surface area contributed by atoms with Crippen LogP contribution in [0.1, 0.15) is 46.5 Å². The molecule has 5 fully saturated rings. The summed E-state index contributed by atoms with van der Waals surface area (Å²) in [5, 5.41) is 2.49. The van der Waals surface area contributed by atoms with Crippen molar-refractivity contribution in [1.82, 2.24) is 0 Å². The molecule has 1 saturated carbocycles. The summed E-state index contributed by atoms with van der Waals surface area (Å²) in [5.74, 6) is 1.33. The maximum Gasteiger partial charge on any atom is 0.205 e. The fourth-order valence-corrected chi connectivity index (χ4v) is 7.24. The lowest BCUT2D eigenvalue weighted by Gasteiger charge is -2.60. The summed E-state index contributed by atoms with van der Waals surface area (Å²) in [5.41, 5.74) is 1.80. The van der Waals surface area contributed by atoms with E-state index >= 15 is 0 Å². The maximum atomic E-state index is 6.57. The van der Waals surface area contributed by atoms with Crippen LogP contribution in [-0.4, -0.2) is 24.0 Å². The molecule has 36 heavy (non-hydrogen) atoms. The molecule has 5 aliphatic rings. The van der Waals surface area contributed by atoms with Crippen molar-refractivity contribution in [2.24, 2.45) is 23.7 Å². The van der Waals surface area contributed by atoms with Gasteiger partial charge in [0.05, 0.1) is 0 Å². The maximum absolute atomic E-state index is 6.57. The second-order valence-electron chi connectivity index (χ2n) is 11.5. The fourth-order valence-electron chi connectivity index (χ4n) is 7.24. The Morgan fingerprint density at radius 2 is 1.58 bits per heavy atom. The topological polar surface area (TPSA) is 46.2 Å². The predicted molar refractivity (Wildman–Crippen MR) is 137 cm³/mol. The van der Waals surface area contributed by atoms with E-state index < -0.39 is 24.0 Å². The highest BCUT2D eigenvalue weighted by Gasteiger charge is 2.69. The molecule has 3 aromatic carbocycles. The van der Waals surface area contributed by atoms with Crippen molar-refractivity contribution in [2.45, 2.75) is 70.4 Å². The molecule has 5 heteroatoms. The SMILES string of the molecule is C[C@H]1[C@H](Oc2ccc(-c3ccc4ccccc4c3)cc2)O[C@@H]2O[C@@]3(C)CC[C@H]4[C@H](C)CC[C@@H]1[C@@]24OO3. The van der Waals surface area contributed by atoms with E-state index in [9.17, 15) is 0 Å². The Kier molecular flexibility index (Phi) is 5.23. The fraction of sp³-hybridized carbons (Fsp3) is 0.484. The summed E-state index contributed by atoms with van der Waals surface area (Å²) in [6.07, 6.45) is 3.19. The number of ether oxygens (including phenoxy) is 3. The predicted octanol–water partition coefficient (Wildman–Crippen LogP) is 7.09. The smallest absolute Gasteiger partial charge is 0.205 e. The van der Waals surface area contributed by atoms with Crippen molar-refractivity contribution in [2.75, 3.05) is 0 Å². The van der Waals surface area contributed by atoms with Crippen LogP contribution in [0.4, 0.5) is 0 Å². The van der Waals surface area contributed by atoms with Crippen LogP contribution in [0.2, 0.25) is 0 Å². The zero-order chi connectivity index (χ0) is 24.5. The van der Waals surface area contributed by atoms with Crippen molar-refractivity contribution in [3.05, 3.63) is 66.7 Å². The van der Waals surface area contributed by atoms with Gasteiger partial charge in [-0.25, -0.2) is 9.78 Å². The Morgan fingerprint density at radius 3 is 2.42 bits per heavy atom. The molecule has 0 unspecified atom stereocenters. The van der Waals surface area contributed by atoms with Crippen LogP contribution in [0.5, 0.6) is 5.75 Å². The zero-order valence-electron chi connectivity index (χ0n) is 21.2. The molecule has 1 aliphatic carbocycles. The zero-order valence-corrected chi connectivity index (χ0v) is 21.2. The molecule has 4 aliphatic heterocycles. The van der Waals surface area contributed by atoms with E-state index in [2.05, 4.69) is 68.4 Å². The third kappa shape index (κ3) is 3.44. The minimum absolute atomic E-state index is 0.145. The van der Waals surface area contributed by atoms with Gasteiger partial charge in [0.15, 0.2) is 11.9 Å². The van der Waals surface area contributed by atoms with Gasteiger partial charge in [0.25, 0.3) is 0 Å².